The molecule has 8 heteroatoms. The van der Waals surface area contributed by atoms with Crippen LogP contribution in [0.3, 0.4) is 0 Å². The molecule has 8 nitrogen and oxygen atoms in total. The average molecular weight is 330 g/mol. The van der Waals surface area contributed by atoms with Crippen LogP contribution in [0.4, 0.5) is 0 Å². The minimum atomic E-state index is -0.699. The van der Waals surface area contributed by atoms with E-state index in [1.807, 2.05) is 19.1 Å². The van der Waals surface area contributed by atoms with E-state index in [-0.39, 0.29) is 5.56 Å². The van der Waals surface area contributed by atoms with Gasteiger partial charge in [0.1, 0.15) is 5.56 Å². The van der Waals surface area contributed by atoms with E-state index in [0.717, 1.165) is 10.1 Å². The second-order valence-electron chi connectivity index (χ2n) is 5.43. The number of benzene rings is 1. The highest BCUT2D eigenvalue weighted by Gasteiger charge is 2.16. The van der Waals surface area contributed by atoms with Crippen LogP contribution in [0, 0.1) is 6.92 Å². The molecule has 0 atom stereocenters. The summed E-state index contributed by atoms with van der Waals surface area (Å²) < 4.78 is 6.29. The molecule has 0 amide bonds. The molecule has 1 aliphatic heterocycles. The van der Waals surface area contributed by atoms with Crippen molar-refractivity contribution in [1.82, 2.24) is 14.6 Å². The van der Waals surface area contributed by atoms with Gasteiger partial charge in [-0.25, -0.2) is 9.36 Å². The van der Waals surface area contributed by atoms with Crippen molar-refractivity contribution in [2.24, 2.45) is 5.10 Å². The first-order chi connectivity index (χ1) is 11.6. The van der Waals surface area contributed by atoms with Crippen LogP contribution in [0.5, 0.6) is 5.88 Å². The molecule has 1 aromatic heterocycles. The van der Waals surface area contributed by atoms with Gasteiger partial charge in [-0.1, -0.05) is 18.2 Å². The fourth-order valence-electron chi connectivity index (χ4n) is 2.50. The molecule has 0 spiro atoms. The highest BCUT2D eigenvalue weighted by atomic mass is 16.5. The van der Waals surface area contributed by atoms with E-state index in [1.165, 1.54) is 6.21 Å². The van der Waals surface area contributed by atoms with Crippen LogP contribution in [-0.4, -0.2) is 52.2 Å². The summed E-state index contributed by atoms with van der Waals surface area (Å²) in [5.41, 5.74) is -0.158. The second kappa shape index (κ2) is 6.71. The Bertz CT molecular complexity index is 878. The fourth-order valence-corrected chi connectivity index (χ4v) is 2.50. The van der Waals surface area contributed by atoms with Crippen molar-refractivity contribution in [3.63, 3.8) is 0 Å². The summed E-state index contributed by atoms with van der Waals surface area (Å²) in [6, 6.07) is 7.08. The van der Waals surface area contributed by atoms with Crippen LogP contribution in [0.2, 0.25) is 0 Å². The van der Waals surface area contributed by atoms with Gasteiger partial charge in [-0.2, -0.15) is 5.10 Å². The van der Waals surface area contributed by atoms with Crippen LogP contribution < -0.4 is 11.2 Å². The number of rotatable bonds is 3. The van der Waals surface area contributed by atoms with Crippen molar-refractivity contribution in [3.05, 3.63) is 56.2 Å². The number of aryl methyl sites for hydroxylation is 1. The summed E-state index contributed by atoms with van der Waals surface area (Å²) in [7, 11) is 0. The molecule has 2 heterocycles. The lowest BCUT2D eigenvalue weighted by Crippen LogP contribution is -2.34. The van der Waals surface area contributed by atoms with Gasteiger partial charge in [0.2, 0.25) is 5.88 Å². The lowest BCUT2D eigenvalue weighted by molar-refractivity contribution is 0.0396. The third-order valence-corrected chi connectivity index (χ3v) is 3.81. The third kappa shape index (κ3) is 3.09. The minimum Gasteiger partial charge on any atom is -0.493 e. The molecule has 126 valence electrons. The standard InChI is InChI=1S/C16H18N4O4/c1-11-4-2-3-5-13(11)20-15(22)12(14(21)18-16(20)23)10-17-19-6-8-24-9-7-19/h2-5,10,22H,6-9H2,1H3,(H,18,21,23). The van der Waals surface area contributed by atoms with E-state index in [2.05, 4.69) is 10.1 Å². The van der Waals surface area contributed by atoms with Crippen molar-refractivity contribution in [3.8, 4) is 11.6 Å². The van der Waals surface area contributed by atoms with Gasteiger partial charge in [-0.15, -0.1) is 0 Å². The number of nitrogens with one attached hydrogen (secondary N) is 1. The van der Waals surface area contributed by atoms with E-state index in [1.54, 1.807) is 17.1 Å². The molecule has 0 unspecified atom stereocenters. The van der Waals surface area contributed by atoms with Gasteiger partial charge in [0.25, 0.3) is 5.56 Å². The second-order valence-corrected chi connectivity index (χ2v) is 5.43. The van der Waals surface area contributed by atoms with Gasteiger partial charge in [0.05, 0.1) is 38.2 Å². The molecular weight excluding hydrogens is 312 g/mol. The Labute approximate surface area is 137 Å². The number of para-hydroxylation sites is 1. The molecule has 1 aliphatic rings. The van der Waals surface area contributed by atoms with Crippen LogP contribution >= 0.6 is 0 Å². The molecule has 0 saturated carbocycles. The van der Waals surface area contributed by atoms with Crippen LogP contribution in [-0.2, 0) is 4.74 Å². The molecular formula is C16H18N4O4. The summed E-state index contributed by atoms with van der Waals surface area (Å²) in [6.07, 6.45) is 1.27. The zero-order chi connectivity index (χ0) is 17.1. The van der Waals surface area contributed by atoms with E-state index in [4.69, 9.17) is 4.74 Å². The Balaban J connectivity index is 2.06. The number of hydrazone groups is 1. The maximum Gasteiger partial charge on any atom is 0.335 e. The quantitative estimate of drug-likeness (QED) is 0.784. The molecule has 2 aromatic rings. The summed E-state index contributed by atoms with van der Waals surface area (Å²) >= 11 is 0. The lowest BCUT2D eigenvalue weighted by atomic mass is 10.2. The summed E-state index contributed by atoms with van der Waals surface area (Å²) in [5, 5.41) is 16.4. The number of hydrogen-bond donors (Lipinski definition) is 2. The Kier molecular flexibility index (Phi) is 4.48. The van der Waals surface area contributed by atoms with Crippen molar-refractivity contribution >= 4 is 6.21 Å². The zero-order valence-electron chi connectivity index (χ0n) is 13.2. The Morgan fingerprint density at radius 3 is 2.67 bits per heavy atom. The van der Waals surface area contributed by atoms with Crippen molar-refractivity contribution in [2.75, 3.05) is 26.3 Å². The number of aromatic hydroxyl groups is 1. The average Bonchev–Trinajstić information content (AvgIpc) is 2.57. The van der Waals surface area contributed by atoms with Crippen LogP contribution in [0.15, 0.2) is 39.0 Å². The van der Waals surface area contributed by atoms with E-state index >= 15 is 0 Å². The van der Waals surface area contributed by atoms with Crippen molar-refractivity contribution in [1.29, 1.82) is 0 Å². The SMILES string of the molecule is Cc1ccccc1-n1c(O)c(C=NN2CCOCC2)c(=O)[nH]c1=O. The number of aromatic nitrogens is 2. The number of morpholine rings is 1. The third-order valence-electron chi connectivity index (χ3n) is 3.81. The molecule has 0 radical (unpaired) electrons. The van der Waals surface area contributed by atoms with Gasteiger partial charge < -0.3 is 9.84 Å². The number of aromatic amines is 1. The topological polar surface area (TPSA) is 99.9 Å². The maximum atomic E-state index is 12.1. The number of H-pyrrole nitrogens is 1. The van der Waals surface area contributed by atoms with Gasteiger partial charge in [0, 0.05) is 0 Å². The first kappa shape index (κ1) is 16.0. The van der Waals surface area contributed by atoms with E-state index < -0.39 is 17.1 Å². The predicted molar refractivity (Wildman–Crippen MR) is 89.0 cm³/mol. The van der Waals surface area contributed by atoms with Gasteiger partial charge in [-0.05, 0) is 18.6 Å². The molecule has 1 fully saturated rings. The molecule has 24 heavy (non-hydrogen) atoms. The van der Waals surface area contributed by atoms with Crippen molar-refractivity contribution in [2.45, 2.75) is 6.92 Å². The summed E-state index contributed by atoms with van der Waals surface area (Å²) in [6.45, 7) is 4.14. The number of hydrogen-bond acceptors (Lipinski definition) is 6. The Morgan fingerprint density at radius 1 is 1.25 bits per heavy atom. The smallest absolute Gasteiger partial charge is 0.335 e. The molecule has 2 N–H and O–H groups in total. The summed E-state index contributed by atoms with van der Waals surface area (Å²) in [4.78, 5) is 26.4. The molecule has 1 saturated heterocycles. The zero-order valence-corrected chi connectivity index (χ0v) is 13.2. The Morgan fingerprint density at radius 2 is 1.96 bits per heavy atom. The summed E-state index contributed by atoms with van der Waals surface area (Å²) in [5.74, 6) is -0.435. The lowest BCUT2D eigenvalue weighted by Gasteiger charge is -2.23. The Hall–Kier alpha value is -2.87. The number of ether oxygens (including phenoxy) is 1. The highest BCUT2D eigenvalue weighted by molar-refractivity contribution is 5.82. The van der Waals surface area contributed by atoms with Gasteiger partial charge >= 0.3 is 5.69 Å². The van der Waals surface area contributed by atoms with Crippen LogP contribution in [0.1, 0.15) is 11.1 Å². The molecule has 1 aromatic carbocycles. The molecule has 0 aliphatic carbocycles. The van der Waals surface area contributed by atoms with E-state index in [9.17, 15) is 14.7 Å². The van der Waals surface area contributed by atoms with E-state index in [0.29, 0.717) is 32.0 Å². The fraction of sp³-hybridized carbons (Fsp3) is 0.312. The molecule has 0 bridgehead atoms. The number of nitrogens with zero attached hydrogens (tertiary/aromatic N) is 3. The first-order valence-electron chi connectivity index (χ1n) is 7.59. The predicted octanol–water partition coefficient (Wildman–Crippen LogP) is 0.206. The largest absolute Gasteiger partial charge is 0.493 e. The molecule has 3 rings (SSSR count). The van der Waals surface area contributed by atoms with Crippen LogP contribution in [0.25, 0.3) is 5.69 Å². The highest BCUT2D eigenvalue weighted by Crippen LogP contribution is 2.18. The maximum absolute atomic E-state index is 12.1. The first-order valence-corrected chi connectivity index (χ1v) is 7.59. The van der Waals surface area contributed by atoms with Crippen molar-refractivity contribution < 1.29 is 9.84 Å². The van der Waals surface area contributed by atoms with Gasteiger partial charge in [0.15, 0.2) is 0 Å². The monoisotopic (exact) mass is 330 g/mol. The van der Waals surface area contributed by atoms with Gasteiger partial charge in [-0.3, -0.25) is 14.8 Å². The minimum absolute atomic E-state index is 0.0654. The normalized spacial score (nSPS) is 15.1.